The summed E-state index contributed by atoms with van der Waals surface area (Å²) < 4.78 is 20.3. The molecule has 0 aliphatic carbocycles. The first-order chi connectivity index (χ1) is 9.02. The van der Waals surface area contributed by atoms with Crippen LogP contribution >= 0.6 is 47.8 Å². The molecule has 0 N–H and O–H groups in total. The molecular formula is C14H10Br3FO. The number of alkyl halides is 1. The Morgan fingerprint density at radius 2 is 1.79 bits per heavy atom. The van der Waals surface area contributed by atoms with E-state index in [2.05, 4.69) is 47.8 Å². The Labute approximate surface area is 136 Å². The summed E-state index contributed by atoms with van der Waals surface area (Å²) in [6.07, 6.45) is 0. The van der Waals surface area contributed by atoms with Crippen LogP contribution in [0.2, 0.25) is 0 Å². The van der Waals surface area contributed by atoms with Crippen molar-refractivity contribution in [2.75, 3.05) is 7.11 Å². The van der Waals surface area contributed by atoms with Gasteiger partial charge in [-0.3, -0.25) is 0 Å². The summed E-state index contributed by atoms with van der Waals surface area (Å²) in [5, 5.41) is 0. The second-order valence-electron chi connectivity index (χ2n) is 3.92. The van der Waals surface area contributed by atoms with Gasteiger partial charge in [-0.05, 0) is 57.4 Å². The molecule has 0 saturated carbocycles. The number of benzene rings is 2. The summed E-state index contributed by atoms with van der Waals surface area (Å²) in [7, 11) is 1.62. The van der Waals surface area contributed by atoms with E-state index >= 15 is 0 Å². The van der Waals surface area contributed by atoms with Crippen molar-refractivity contribution < 1.29 is 9.13 Å². The van der Waals surface area contributed by atoms with Crippen LogP contribution in [0.5, 0.6) is 5.75 Å². The third-order valence-corrected chi connectivity index (χ3v) is 5.06. The Hall–Kier alpha value is -0.390. The van der Waals surface area contributed by atoms with E-state index in [0.717, 1.165) is 25.8 Å². The third-order valence-electron chi connectivity index (χ3n) is 2.70. The molecule has 0 fully saturated rings. The van der Waals surface area contributed by atoms with Crippen molar-refractivity contribution in [1.29, 1.82) is 0 Å². The van der Waals surface area contributed by atoms with Crippen molar-refractivity contribution in [3.63, 3.8) is 0 Å². The quantitative estimate of drug-likeness (QED) is 0.531. The highest BCUT2D eigenvalue weighted by Crippen LogP contribution is 2.38. The lowest BCUT2D eigenvalue weighted by Crippen LogP contribution is -1.96. The van der Waals surface area contributed by atoms with E-state index in [9.17, 15) is 4.39 Å². The molecule has 2 rings (SSSR count). The van der Waals surface area contributed by atoms with E-state index in [1.54, 1.807) is 13.2 Å². The van der Waals surface area contributed by atoms with Crippen molar-refractivity contribution in [3.8, 4) is 5.75 Å². The molecule has 19 heavy (non-hydrogen) atoms. The SMILES string of the molecule is COc1ccc(C(Br)c2cc(F)ccc2Br)cc1Br. The molecule has 0 saturated heterocycles. The molecule has 0 radical (unpaired) electrons. The summed E-state index contributed by atoms with van der Waals surface area (Å²) in [4.78, 5) is -0.0974. The maximum atomic E-state index is 13.4. The molecule has 2 aromatic rings. The molecule has 1 nitrogen and oxygen atoms in total. The highest BCUT2D eigenvalue weighted by molar-refractivity contribution is 9.11. The smallest absolute Gasteiger partial charge is 0.133 e. The lowest BCUT2D eigenvalue weighted by Gasteiger charge is -2.14. The molecule has 1 atom stereocenters. The maximum Gasteiger partial charge on any atom is 0.133 e. The highest BCUT2D eigenvalue weighted by atomic mass is 79.9. The van der Waals surface area contributed by atoms with Gasteiger partial charge in [0.2, 0.25) is 0 Å². The second-order valence-corrected chi connectivity index (χ2v) is 6.55. The molecular weight excluding hydrogens is 443 g/mol. The van der Waals surface area contributed by atoms with Gasteiger partial charge < -0.3 is 4.74 Å². The van der Waals surface area contributed by atoms with Crippen molar-refractivity contribution in [2.45, 2.75) is 4.83 Å². The van der Waals surface area contributed by atoms with E-state index in [0.29, 0.717) is 0 Å². The predicted octanol–water partition coefficient (Wildman–Crippen LogP) is 5.84. The number of halogens is 4. The molecule has 0 amide bonds. The molecule has 0 aliphatic heterocycles. The van der Waals surface area contributed by atoms with Crippen LogP contribution in [0.3, 0.4) is 0 Å². The van der Waals surface area contributed by atoms with Gasteiger partial charge in [-0.2, -0.15) is 0 Å². The number of rotatable bonds is 3. The predicted molar refractivity (Wildman–Crippen MR) is 85.6 cm³/mol. The minimum Gasteiger partial charge on any atom is -0.496 e. The molecule has 0 aromatic heterocycles. The van der Waals surface area contributed by atoms with Crippen LogP contribution < -0.4 is 4.74 Å². The normalized spacial score (nSPS) is 12.3. The van der Waals surface area contributed by atoms with Gasteiger partial charge in [0.1, 0.15) is 11.6 Å². The molecule has 0 bridgehead atoms. The van der Waals surface area contributed by atoms with Gasteiger partial charge >= 0.3 is 0 Å². The van der Waals surface area contributed by atoms with Crippen molar-refractivity contribution in [3.05, 3.63) is 62.3 Å². The largest absolute Gasteiger partial charge is 0.496 e. The molecule has 0 heterocycles. The zero-order valence-corrected chi connectivity index (χ0v) is 14.7. The zero-order valence-electron chi connectivity index (χ0n) is 9.96. The average Bonchev–Trinajstić information content (AvgIpc) is 2.40. The Morgan fingerprint density at radius 1 is 1.05 bits per heavy atom. The highest BCUT2D eigenvalue weighted by Gasteiger charge is 2.15. The summed E-state index contributed by atoms with van der Waals surface area (Å²) in [6.45, 7) is 0. The lowest BCUT2D eigenvalue weighted by atomic mass is 10.0. The van der Waals surface area contributed by atoms with Crippen LogP contribution in [0.4, 0.5) is 4.39 Å². The molecule has 100 valence electrons. The van der Waals surface area contributed by atoms with Crippen LogP contribution in [0.25, 0.3) is 0 Å². The van der Waals surface area contributed by atoms with E-state index in [4.69, 9.17) is 4.74 Å². The van der Waals surface area contributed by atoms with Crippen LogP contribution in [0, 0.1) is 5.82 Å². The summed E-state index contributed by atoms with van der Waals surface area (Å²) in [5.41, 5.74) is 1.86. The van der Waals surface area contributed by atoms with Gasteiger partial charge in [-0.15, -0.1) is 0 Å². The average molecular weight is 453 g/mol. The van der Waals surface area contributed by atoms with Crippen LogP contribution in [-0.2, 0) is 0 Å². The number of ether oxygens (including phenoxy) is 1. The first kappa shape index (κ1) is 15.0. The number of hydrogen-bond acceptors (Lipinski definition) is 1. The molecule has 1 unspecified atom stereocenters. The monoisotopic (exact) mass is 450 g/mol. The van der Waals surface area contributed by atoms with Crippen LogP contribution in [0.15, 0.2) is 45.3 Å². The van der Waals surface area contributed by atoms with E-state index in [-0.39, 0.29) is 10.6 Å². The van der Waals surface area contributed by atoms with Crippen molar-refractivity contribution in [2.24, 2.45) is 0 Å². The fourth-order valence-electron chi connectivity index (χ4n) is 1.73. The fourth-order valence-corrected chi connectivity index (χ4v) is 3.73. The van der Waals surface area contributed by atoms with E-state index in [1.165, 1.54) is 12.1 Å². The summed E-state index contributed by atoms with van der Waals surface area (Å²) in [5.74, 6) is 0.511. The zero-order chi connectivity index (χ0) is 14.0. The van der Waals surface area contributed by atoms with Gasteiger partial charge in [0.25, 0.3) is 0 Å². The maximum absolute atomic E-state index is 13.4. The topological polar surface area (TPSA) is 9.23 Å². The van der Waals surface area contributed by atoms with Gasteiger partial charge in [-0.1, -0.05) is 37.9 Å². The van der Waals surface area contributed by atoms with Gasteiger partial charge in [0, 0.05) is 4.47 Å². The van der Waals surface area contributed by atoms with Crippen molar-refractivity contribution in [1.82, 2.24) is 0 Å². The first-order valence-electron chi connectivity index (χ1n) is 5.45. The Bertz CT molecular complexity index is 601. The second kappa shape index (κ2) is 6.37. The molecule has 2 aromatic carbocycles. The lowest BCUT2D eigenvalue weighted by molar-refractivity contribution is 0.412. The summed E-state index contributed by atoms with van der Waals surface area (Å²) in [6, 6.07) is 10.4. The van der Waals surface area contributed by atoms with Crippen LogP contribution in [-0.4, -0.2) is 7.11 Å². The van der Waals surface area contributed by atoms with Gasteiger partial charge in [-0.25, -0.2) is 4.39 Å². The Balaban J connectivity index is 2.41. The Kier molecular flexibility index (Phi) is 5.03. The first-order valence-corrected chi connectivity index (χ1v) is 7.95. The van der Waals surface area contributed by atoms with Crippen LogP contribution in [0.1, 0.15) is 16.0 Å². The van der Waals surface area contributed by atoms with Gasteiger partial charge in [0.15, 0.2) is 0 Å². The minimum atomic E-state index is -0.254. The molecule has 0 spiro atoms. The molecule has 0 aliphatic rings. The summed E-state index contributed by atoms with van der Waals surface area (Å²) >= 11 is 10.5. The Morgan fingerprint density at radius 3 is 2.42 bits per heavy atom. The van der Waals surface area contributed by atoms with E-state index in [1.807, 2.05) is 18.2 Å². The van der Waals surface area contributed by atoms with E-state index < -0.39 is 0 Å². The standard InChI is InChI=1S/C14H10Br3FO/c1-19-13-5-2-8(6-12(13)16)14(17)10-7-9(18)3-4-11(10)15/h2-7,14H,1H3. The number of hydrogen-bond donors (Lipinski definition) is 0. The third kappa shape index (κ3) is 3.38. The fraction of sp³-hybridized carbons (Fsp3) is 0.143. The van der Waals surface area contributed by atoms with Crippen molar-refractivity contribution >= 4 is 47.8 Å². The minimum absolute atomic E-state index is 0.0974. The van der Waals surface area contributed by atoms with Gasteiger partial charge in [0.05, 0.1) is 16.4 Å². The number of methoxy groups -OCH3 is 1. The molecule has 5 heteroatoms.